The fraction of sp³-hybridized carbons (Fsp3) is 0.474. The first-order chi connectivity index (χ1) is 11.7. The third-order valence-electron chi connectivity index (χ3n) is 5.28. The van der Waals surface area contributed by atoms with Gasteiger partial charge in [-0.3, -0.25) is 0 Å². The van der Waals surface area contributed by atoms with E-state index in [-0.39, 0.29) is 5.82 Å². The Balaban J connectivity index is 1.54. The molecule has 4 nitrogen and oxygen atoms in total. The molecule has 0 N–H and O–H groups in total. The molecule has 2 saturated heterocycles. The van der Waals surface area contributed by atoms with Crippen molar-refractivity contribution in [2.24, 2.45) is 0 Å². The molecule has 4 rings (SSSR count). The number of rotatable bonds is 3. The number of halogens is 1. The van der Waals surface area contributed by atoms with Gasteiger partial charge >= 0.3 is 0 Å². The molecule has 5 heteroatoms. The van der Waals surface area contributed by atoms with Gasteiger partial charge in [0.1, 0.15) is 23.8 Å². The predicted molar refractivity (Wildman–Crippen MR) is 94.0 cm³/mol. The highest BCUT2D eigenvalue weighted by Gasteiger charge is 2.31. The first kappa shape index (κ1) is 15.4. The molecule has 0 saturated carbocycles. The van der Waals surface area contributed by atoms with Gasteiger partial charge in [0.25, 0.3) is 0 Å². The van der Waals surface area contributed by atoms with E-state index in [1.54, 1.807) is 18.5 Å². The van der Waals surface area contributed by atoms with E-state index in [1.807, 2.05) is 12.1 Å². The Morgan fingerprint density at radius 3 is 2.50 bits per heavy atom. The van der Waals surface area contributed by atoms with E-state index in [1.165, 1.54) is 18.4 Å². The summed E-state index contributed by atoms with van der Waals surface area (Å²) in [6, 6.07) is 9.46. The predicted octanol–water partition coefficient (Wildman–Crippen LogP) is 3.60. The monoisotopic (exact) mass is 326 g/mol. The Hall–Kier alpha value is -2.17. The second-order valence-electron chi connectivity index (χ2n) is 6.91. The van der Waals surface area contributed by atoms with E-state index in [4.69, 9.17) is 0 Å². The van der Waals surface area contributed by atoms with Crippen molar-refractivity contribution in [1.82, 2.24) is 9.97 Å². The maximum atomic E-state index is 13.2. The van der Waals surface area contributed by atoms with Crippen molar-refractivity contribution < 1.29 is 4.39 Å². The van der Waals surface area contributed by atoms with E-state index >= 15 is 0 Å². The average Bonchev–Trinajstić information content (AvgIpc) is 3.25. The SMILES string of the molecule is CC1CC(c2ccc(F)cc2)CN1c1cc(N2CCCC2)ncn1. The van der Waals surface area contributed by atoms with Gasteiger partial charge in [0.2, 0.25) is 0 Å². The van der Waals surface area contributed by atoms with Gasteiger partial charge in [0, 0.05) is 37.7 Å². The zero-order valence-electron chi connectivity index (χ0n) is 14.0. The first-order valence-electron chi connectivity index (χ1n) is 8.80. The van der Waals surface area contributed by atoms with Crippen molar-refractivity contribution in [1.29, 1.82) is 0 Å². The highest BCUT2D eigenvalue weighted by Crippen LogP contribution is 2.35. The highest BCUT2D eigenvalue weighted by molar-refractivity contribution is 5.52. The summed E-state index contributed by atoms with van der Waals surface area (Å²) in [6.45, 7) is 5.33. The standard InChI is InChI=1S/C19H23FN4/c1-14-10-16(15-4-6-17(20)7-5-15)12-24(14)19-11-18(21-13-22-19)23-8-2-3-9-23/h4-7,11,13-14,16H,2-3,8-10,12H2,1H3. The molecule has 1 aromatic heterocycles. The molecular weight excluding hydrogens is 303 g/mol. The van der Waals surface area contributed by atoms with Crippen LogP contribution in [0.5, 0.6) is 0 Å². The molecule has 2 unspecified atom stereocenters. The van der Waals surface area contributed by atoms with E-state index in [9.17, 15) is 4.39 Å². The summed E-state index contributed by atoms with van der Waals surface area (Å²) in [7, 11) is 0. The second kappa shape index (κ2) is 6.38. The topological polar surface area (TPSA) is 32.3 Å². The van der Waals surface area contributed by atoms with Crippen LogP contribution in [0.4, 0.5) is 16.0 Å². The zero-order chi connectivity index (χ0) is 16.5. The van der Waals surface area contributed by atoms with Crippen molar-refractivity contribution in [3.8, 4) is 0 Å². The molecule has 24 heavy (non-hydrogen) atoms. The van der Waals surface area contributed by atoms with Crippen LogP contribution in [0.15, 0.2) is 36.7 Å². The number of hydrogen-bond donors (Lipinski definition) is 0. The van der Waals surface area contributed by atoms with Crippen LogP contribution in [0.25, 0.3) is 0 Å². The smallest absolute Gasteiger partial charge is 0.134 e. The molecule has 2 fully saturated rings. The summed E-state index contributed by atoms with van der Waals surface area (Å²) in [5.74, 6) is 2.29. The zero-order valence-corrected chi connectivity index (χ0v) is 14.0. The van der Waals surface area contributed by atoms with Gasteiger partial charge in [-0.2, -0.15) is 0 Å². The van der Waals surface area contributed by atoms with E-state index in [2.05, 4.69) is 32.8 Å². The number of benzene rings is 1. The lowest BCUT2D eigenvalue weighted by Crippen LogP contribution is -2.28. The minimum atomic E-state index is -0.173. The molecule has 2 aliphatic heterocycles. The number of aromatic nitrogens is 2. The van der Waals surface area contributed by atoms with Crippen LogP contribution in [0, 0.1) is 5.82 Å². The van der Waals surface area contributed by atoms with Gasteiger partial charge in [-0.25, -0.2) is 14.4 Å². The van der Waals surface area contributed by atoms with Gasteiger partial charge < -0.3 is 9.80 Å². The Kier molecular flexibility index (Phi) is 4.08. The van der Waals surface area contributed by atoms with E-state index in [0.717, 1.165) is 37.7 Å². The van der Waals surface area contributed by atoms with Gasteiger partial charge in [0.15, 0.2) is 0 Å². The maximum absolute atomic E-state index is 13.2. The van der Waals surface area contributed by atoms with Crippen LogP contribution in [-0.4, -0.2) is 35.6 Å². The van der Waals surface area contributed by atoms with E-state index in [0.29, 0.717) is 12.0 Å². The number of anilines is 2. The largest absolute Gasteiger partial charge is 0.356 e. The van der Waals surface area contributed by atoms with Crippen molar-refractivity contribution in [2.75, 3.05) is 29.4 Å². The molecule has 2 atom stereocenters. The van der Waals surface area contributed by atoms with Crippen molar-refractivity contribution in [3.05, 3.63) is 48.0 Å². The first-order valence-corrected chi connectivity index (χ1v) is 8.80. The van der Waals surface area contributed by atoms with Gasteiger partial charge in [-0.1, -0.05) is 12.1 Å². The third-order valence-corrected chi connectivity index (χ3v) is 5.28. The van der Waals surface area contributed by atoms with Gasteiger partial charge in [0.05, 0.1) is 0 Å². The van der Waals surface area contributed by atoms with Crippen molar-refractivity contribution in [3.63, 3.8) is 0 Å². The summed E-state index contributed by atoms with van der Waals surface area (Å²) in [4.78, 5) is 13.7. The lowest BCUT2D eigenvalue weighted by Gasteiger charge is -2.24. The summed E-state index contributed by atoms with van der Waals surface area (Å²) < 4.78 is 13.2. The average molecular weight is 326 g/mol. The number of hydrogen-bond acceptors (Lipinski definition) is 4. The van der Waals surface area contributed by atoms with Crippen molar-refractivity contribution >= 4 is 11.6 Å². The molecule has 0 bridgehead atoms. The summed E-state index contributed by atoms with van der Waals surface area (Å²) in [6.07, 6.45) is 5.23. The molecule has 0 radical (unpaired) electrons. The molecule has 2 aromatic rings. The Morgan fingerprint density at radius 1 is 1.04 bits per heavy atom. The fourth-order valence-corrected chi connectivity index (χ4v) is 3.94. The molecule has 2 aliphatic rings. The number of nitrogens with zero attached hydrogens (tertiary/aromatic N) is 4. The molecule has 1 aromatic carbocycles. The van der Waals surface area contributed by atoms with Crippen LogP contribution in [0.3, 0.4) is 0 Å². The van der Waals surface area contributed by atoms with Crippen LogP contribution in [0.2, 0.25) is 0 Å². The fourth-order valence-electron chi connectivity index (χ4n) is 3.94. The Labute approximate surface area is 142 Å². The lowest BCUT2D eigenvalue weighted by atomic mass is 9.97. The van der Waals surface area contributed by atoms with Crippen LogP contribution >= 0.6 is 0 Å². The summed E-state index contributed by atoms with van der Waals surface area (Å²) in [5, 5.41) is 0. The van der Waals surface area contributed by atoms with Crippen LogP contribution in [-0.2, 0) is 0 Å². The normalized spacial score (nSPS) is 23.9. The van der Waals surface area contributed by atoms with E-state index < -0.39 is 0 Å². The van der Waals surface area contributed by atoms with Gasteiger partial charge in [-0.15, -0.1) is 0 Å². The van der Waals surface area contributed by atoms with Gasteiger partial charge in [-0.05, 0) is 43.9 Å². The molecule has 3 heterocycles. The summed E-state index contributed by atoms with van der Waals surface area (Å²) >= 11 is 0. The molecule has 0 amide bonds. The Morgan fingerprint density at radius 2 is 1.75 bits per heavy atom. The third kappa shape index (κ3) is 2.95. The van der Waals surface area contributed by atoms with Crippen LogP contribution < -0.4 is 9.80 Å². The summed E-state index contributed by atoms with van der Waals surface area (Å²) in [5.41, 5.74) is 1.21. The quantitative estimate of drug-likeness (QED) is 0.863. The Bertz CT molecular complexity index is 697. The second-order valence-corrected chi connectivity index (χ2v) is 6.91. The minimum Gasteiger partial charge on any atom is -0.356 e. The molecule has 0 spiro atoms. The minimum absolute atomic E-state index is 0.173. The lowest BCUT2D eigenvalue weighted by molar-refractivity contribution is 0.625. The molecular formula is C19H23FN4. The molecule has 126 valence electrons. The molecule has 0 aliphatic carbocycles. The van der Waals surface area contributed by atoms with Crippen LogP contribution in [0.1, 0.15) is 37.7 Å². The highest BCUT2D eigenvalue weighted by atomic mass is 19.1. The van der Waals surface area contributed by atoms with Crippen molar-refractivity contribution in [2.45, 2.75) is 38.1 Å². The maximum Gasteiger partial charge on any atom is 0.134 e.